The second-order valence-electron chi connectivity index (χ2n) is 9.37. The van der Waals surface area contributed by atoms with Crippen molar-refractivity contribution in [3.63, 3.8) is 0 Å². The van der Waals surface area contributed by atoms with Crippen molar-refractivity contribution in [2.24, 2.45) is 5.73 Å². The summed E-state index contributed by atoms with van der Waals surface area (Å²) in [6.07, 6.45) is 22.8. The van der Waals surface area contributed by atoms with Gasteiger partial charge in [0.25, 0.3) is 0 Å². The normalized spacial score (nSPS) is 12.5. The lowest BCUT2D eigenvalue weighted by Crippen LogP contribution is -2.45. The fraction of sp³-hybridized carbons (Fsp3) is 0.786. The summed E-state index contributed by atoms with van der Waals surface area (Å²) in [7, 11) is 0. The molecule has 4 N–H and O–H groups in total. The van der Waals surface area contributed by atoms with E-state index in [-0.39, 0.29) is 11.0 Å². The molecule has 0 heterocycles. The van der Waals surface area contributed by atoms with Gasteiger partial charge in [0.05, 0.1) is 0 Å². The maximum atomic E-state index is 7.03. The summed E-state index contributed by atoms with van der Waals surface area (Å²) in [4.78, 5) is 0. The molecule has 2 heteroatoms. The third-order valence-corrected chi connectivity index (χ3v) is 6.67. The van der Waals surface area contributed by atoms with Gasteiger partial charge in [0, 0.05) is 11.5 Å². The molecule has 0 bridgehead atoms. The zero-order chi connectivity index (χ0) is 21.2. The maximum absolute atomic E-state index is 7.03. The molecule has 0 saturated heterocycles. The Labute approximate surface area is 188 Å². The van der Waals surface area contributed by atoms with Crippen molar-refractivity contribution in [3.8, 4) is 0 Å². The average Bonchev–Trinajstić information content (AvgIpc) is 2.72. The van der Waals surface area contributed by atoms with E-state index in [9.17, 15) is 0 Å². The van der Waals surface area contributed by atoms with E-state index in [1.165, 1.54) is 102 Å². The number of nitrogens with two attached hydrogens (primary N) is 1. The van der Waals surface area contributed by atoms with E-state index in [2.05, 4.69) is 51.1 Å². The lowest BCUT2D eigenvalue weighted by atomic mass is 9.72. The minimum atomic E-state index is -0.0391. The lowest BCUT2D eigenvalue weighted by molar-refractivity contribution is 0.275. The molecule has 1 rings (SSSR count). The monoisotopic (exact) mass is 419 g/mol. The van der Waals surface area contributed by atoms with Crippen LogP contribution in [0.25, 0.3) is 0 Å². The Morgan fingerprint density at radius 2 is 1.07 bits per heavy atom. The van der Waals surface area contributed by atoms with Gasteiger partial charge in [-0.1, -0.05) is 141 Å². The van der Waals surface area contributed by atoms with Gasteiger partial charge in [-0.3, -0.25) is 0 Å². The molecule has 0 aliphatic carbocycles. The van der Waals surface area contributed by atoms with E-state index in [1.807, 2.05) is 0 Å². The third-order valence-electron chi connectivity index (χ3n) is 6.67. The maximum Gasteiger partial charge on any atom is 0.0223 e. The summed E-state index contributed by atoms with van der Waals surface area (Å²) in [5.41, 5.74) is 8.45. The second kappa shape index (κ2) is 18.9. The Bertz CT molecular complexity index is 467. The number of hydrogen-bond acceptors (Lipinski definition) is 1. The smallest absolute Gasteiger partial charge is 0.0223 e. The van der Waals surface area contributed by atoms with Gasteiger partial charge in [0.15, 0.2) is 0 Å². The van der Waals surface area contributed by atoms with Gasteiger partial charge >= 0.3 is 0 Å². The highest BCUT2D eigenvalue weighted by atomic mass is 16.0. The summed E-state index contributed by atoms with van der Waals surface area (Å²) in [5, 5.41) is 0. The molecule has 0 fully saturated rings. The van der Waals surface area contributed by atoms with Gasteiger partial charge in [-0.15, -0.1) is 0 Å². The first-order chi connectivity index (χ1) is 14.2. The van der Waals surface area contributed by atoms with Gasteiger partial charge in [0.2, 0.25) is 0 Å². The van der Waals surface area contributed by atoms with Crippen molar-refractivity contribution >= 4 is 0 Å². The van der Waals surface area contributed by atoms with Crippen molar-refractivity contribution in [1.29, 1.82) is 0 Å². The molecule has 1 aromatic rings. The van der Waals surface area contributed by atoms with Gasteiger partial charge in [0.1, 0.15) is 0 Å². The second-order valence-corrected chi connectivity index (χ2v) is 9.37. The van der Waals surface area contributed by atoms with Crippen LogP contribution in [0.15, 0.2) is 30.3 Å². The fourth-order valence-corrected chi connectivity index (χ4v) is 5.07. The van der Waals surface area contributed by atoms with Crippen LogP contribution in [0.2, 0.25) is 0 Å². The highest BCUT2D eigenvalue weighted by Gasteiger charge is 2.33. The molecule has 1 atom stereocenters. The van der Waals surface area contributed by atoms with Gasteiger partial charge < -0.3 is 11.2 Å². The summed E-state index contributed by atoms with van der Waals surface area (Å²) < 4.78 is 0. The summed E-state index contributed by atoms with van der Waals surface area (Å²) in [5.74, 6) is 0.506. The molecule has 176 valence electrons. The van der Waals surface area contributed by atoms with Crippen molar-refractivity contribution in [2.75, 3.05) is 0 Å². The number of benzene rings is 1. The lowest BCUT2D eigenvalue weighted by Gasteiger charge is -2.38. The Hall–Kier alpha value is -0.860. The Balaban J connectivity index is 0.00000841. The molecule has 0 spiro atoms. The molecule has 0 aliphatic rings. The first kappa shape index (κ1) is 29.1. The molecular weight excluding hydrogens is 366 g/mol. The van der Waals surface area contributed by atoms with Gasteiger partial charge in [-0.25, -0.2) is 0 Å². The van der Waals surface area contributed by atoms with E-state index in [0.29, 0.717) is 5.92 Å². The molecule has 30 heavy (non-hydrogen) atoms. The molecule has 0 aliphatic heterocycles. The quantitative estimate of drug-likeness (QED) is 0.225. The Morgan fingerprint density at radius 3 is 1.50 bits per heavy atom. The molecule has 1 aromatic carbocycles. The van der Waals surface area contributed by atoms with Crippen LogP contribution >= 0.6 is 0 Å². The Morgan fingerprint density at radius 1 is 0.633 bits per heavy atom. The van der Waals surface area contributed by atoms with E-state index >= 15 is 0 Å². The summed E-state index contributed by atoms with van der Waals surface area (Å²) >= 11 is 0. The predicted molar refractivity (Wildman–Crippen MR) is 135 cm³/mol. The Kier molecular flexibility index (Phi) is 18.3. The topological polar surface area (TPSA) is 57.5 Å². The largest absolute Gasteiger partial charge is 0.412 e. The van der Waals surface area contributed by atoms with Gasteiger partial charge in [-0.2, -0.15) is 0 Å². The molecule has 2 nitrogen and oxygen atoms in total. The van der Waals surface area contributed by atoms with E-state index < -0.39 is 0 Å². The minimum absolute atomic E-state index is 0. The van der Waals surface area contributed by atoms with Crippen molar-refractivity contribution in [2.45, 2.75) is 141 Å². The number of hydrogen-bond donors (Lipinski definition) is 1. The zero-order valence-corrected chi connectivity index (χ0v) is 20.6. The van der Waals surface area contributed by atoms with Gasteiger partial charge in [-0.05, 0) is 24.8 Å². The van der Waals surface area contributed by atoms with Crippen LogP contribution in [0.5, 0.6) is 0 Å². The minimum Gasteiger partial charge on any atom is -0.412 e. The van der Waals surface area contributed by atoms with E-state index in [4.69, 9.17) is 5.73 Å². The fourth-order valence-electron chi connectivity index (χ4n) is 5.07. The van der Waals surface area contributed by atoms with Crippen molar-refractivity contribution in [1.82, 2.24) is 0 Å². The first-order valence-electron chi connectivity index (χ1n) is 13.0. The summed E-state index contributed by atoms with van der Waals surface area (Å²) in [6.45, 7) is 6.86. The molecule has 0 saturated carbocycles. The highest BCUT2D eigenvalue weighted by molar-refractivity contribution is 5.24. The third kappa shape index (κ3) is 12.1. The van der Waals surface area contributed by atoms with E-state index in [1.54, 1.807) is 0 Å². The van der Waals surface area contributed by atoms with Crippen molar-refractivity contribution < 1.29 is 5.48 Å². The van der Waals surface area contributed by atoms with Crippen LogP contribution in [0.1, 0.15) is 141 Å². The number of unbranched alkanes of at least 4 members (excludes halogenated alkanes) is 11. The average molecular weight is 420 g/mol. The van der Waals surface area contributed by atoms with Crippen molar-refractivity contribution in [3.05, 3.63) is 35.9 Å². The molecule has 0 aromatic heterocycles. The number of rotatable bonds is 19. The SMILES string of the molecule is CCCCCCCCCCCCCCC(c1ccccc1)C(N)(CCC)CCC.O. The van der Waals surface area contributed by atoms with Crippen LogP contribution in [-0.4, -0.2) is 11.0 Å². The van der Waals surface area contributed by atoms with Crippen LogP contribution in [-0.2, 0) is 0 Å². The first-order valence-corrected chi connectivity index (χ1v) is 13.0. The van der Waals surface area contributed by atoms with Crippen LogP contribution in [0.3, 0.4) is 0 Å². The zero-order valence-electron chi connectivity index (χ0n) is 20.6. The predicted octanol–water partition coefficient (Wildman–Crippen LogP) is 8.33. The molecule has 0 amide bonds. The summed E-state index contributed by atoms with van der Waals surface area (Å²) in [6, 6.07) is 11.1. The highest BCUT2D eigenvalue weighted by Crippen LogP contribution is 2.37. The van der Waals surface area contributed by atoms with E-state index in [0.717, 1.165) is 12.8 Å². The molecule has 1 unspecified atom stereocenters. The van der Waals surface area contributed by atoms with Crippen LogP contribution in [0, 0.1) is 0 Å². The standard InChI is InChI=1S/C28H51N.H2O/c1-4-7-8-9-10-11-12-13-14-15-16-20-23-27(26-21-18-17-19-22-26)28(29,24-5-2)25-6-3;/h17-19,21-22,27H,4-16,20,23-25,29H2,1-3H3;1H2. The molecule has 0 radical (unpaired) electrons. The van der Waals surface area contributed by atoms with Crippen LogP contribution in [0.4, 0.5) is 0 Å². The molecular formula is C28H53NO. The van der Waals surface area contributed by atoms with Crippen LogP contribution < -0.4 is 5.73 Å².